The minimum absolute atomic E-state index is 0.332. The Morgan fingerprint density at radius 2 is 2.25 bits per heavy atom. The van der Waals surface area contributed by atoms with E-state index in [-0.39, 0.29) is 0 Å². The molecule has 0 aromatic heterocycles. The van der Waals surface area contributed by atoms with Crippen molar-refractivity contribution in [2.75, 3.05) is 20.2 Å². The third-order valence-corrected chi connectivity index (χ3v) is 2.28. The van der Waals surface area contributed by atoms with Crippen molar-refractivity contribution < 1.29 is 15.2 Å². The number of aliphatic hydroxyl groups is 1. The van der Waals surface area contributed by atoms with Crippen LogP contribution < -0.4 is 10.1 Å². The Morgan fingerprint density at radius 3 is 2.94 bits per heavy atom. The van der Waals surface area contributed by atoms with Gasteiger partial charge in [-0.05, 0) is 18.1 Å². The number of rotatable bonds is 7. The molecule has 88 valence electrons. The van der Waals surface area contributed by atoms with Crippen LogP contribution in [0, 0.1) is 0 Å². The average molecular weight is 222 g/mol. The summed E-state index contributed by atoms with van der Waals surface area (Å²) in [7, 11) is 1.93. The number of likely N-dealkylation sites (N-methyl/N-ethyl adjacent to an activating group) is 1. The van der Waals surface area contributed by atoms with E-state index in [0.29, 0.717) is 13.2 Å². The second-order valence-corrected chi connectivity index (χ2v) is 3.71. The number of quaternary nitrogens is 1. The molecule has 0 saturated carbocycles. The molecule has 0 bridgehead atoms. The summed E-state index contributed by atoms with van der Waals surface area (Å²) in [5.74, 6) is 0.831. The summed E-state index contributed by atoms with van der Waals surface area (Å²) in [5, 5.41) is 11.5. The van der Waals surface area contributed by atoms with Crippen LogP contribution in [0.5, 0.6) is 5.75 Å². The molecular weight excluding hydrogens is 202 g/mol. The van der Waals surface area contributed by atoms with Crippen LogP contribution in [0.2, 0.25) is 0 Å². The molecule has 3 heteroatoms. The fraction of sp³-hybridized carbons (Fsp3) is 0.385. The van der Waals surface area contributed by atoms with E-state index in [2.05, 4.69) is 6.58 Å². The molecule has 3 N–H and O–H groups in total. The minimum atomic E-state index is -0.429. The Labute approximate surface area is 96.8 Å². The highest BCUT2D eigenvalue weighted by molar-refractivity contribution is 5.34. The first kappa shape index (κ1) is 12.7. The molecule has 1 aromatic carbocycles. The number of para-hydroxylation sites is 1. The number of hydrogen-bond donors (Lipinski definition) is 2. The molecule has 0 radical (unpaired) electrons. The number of benzene rings is 1. The van der Waals surface area contributed by atoms with Gasteiger partial charge in [0.15, 0.2) is 0 Å². The highest BCUT2D eigenvalue weighted by Crippen LogP contribution is 2.18. The SMILES string of the molecule is C=CCc1ccccc1OC[C@H](O)C[NH2+]C. The molecular formula is C13H20NO2+. The summed E-state index contributed by atoms with van der Waals surface area (Å²) >= 11 is 0. The molecule has 16 heavy (non-hydrogen) atoms. The van der Waals surface area contributed by atoms with E-state index in [1.165, 1.54) is 0 Å². The van der Waals surface area contributed by atoms with Crippen LogP contribution in [0.3, 0.4) is 0 Å². The van der Waals surface area contributed by atoms with Gasteiger partial charge in [-0.2, -0.15) is 0 Å². The normalized spacial score (nSPS) is 12.1. The number of hydrogen-bond acceptors (Lipinski definition) is 2. The van der Waals surface area contributed by atoms with Crippen molar-refractivity contribution in [2.45, 2.75) is 12.5 Å². The molecule has 1 rings (SSSR count). The Bertz CT molecular complexity index is 325. The Morgan fingerprint density at radius 1 is 1.50 bits per heavy atom. The highest BCUT2D eigenvalue weighted by Gasteiger charge is 2.07. The molecule has 0 amide bonds. The third kappa shape index (κ3) is 4.04. The fourth-order valence-electron chi connectivity index (χ4n) is 1.49. The van der Waals surface area contributed by atoms with Gasteiger partial charge in [0.25, 0.3) is 0 Å². The van der Waals surface area contributed by atoms with Gasteiger partial charge in [-0.3, -0.25) is 0 Å². The van der Waals surface area contributed by atoms with Crippen LogP contribution in [-0.2, 0) is 6.42 Å². The molecule has 0 aliphatic heterocycles. The molecule has 0 aliphatic carbocycles. The van der Waals surface area contributed by atoms with E-state index in [1.807, 2.05) is 42.7 Å². The maximum Gasteiger partial charge on any atom is 0.137 e. The largest absolute Gasteiger partial charge is 0.490 e. The molecule has 0 spiro atoms. The van der Waals surface area contributed by atoms with E-state index < -0.39 is 6.10 Å². The van der Waals surface area contributed by atoms with Crippen molar-refractivity contribution in [1.82, 2.24) is 0 Å². The second kappa shape index (κ2) is 7.04. The van der Waals surface area contributed by atoms with Gasteiger partial charge in [0.1, 0.15) is 25.0 Å². The molecule has 1 aromatic rings. The lowest BCUT2D eigenvalue weighted by molar-refractivity contribution is -0.633. The van der Waals surface area contributed by atoms with Gasteiger partial charge < -0.3 is 15.2 Å². The second-order valence-electron chi connectivity index (χ2n) is 3.71. The van der Waals surface area contributed by atoms with Crippen molar-refractivity contribution in [1.29, 1.82) is 0 Å². The lowest BCUT2D eigenvalue weighted by Crippen LogP contribution is -2.82. The summed E-state index contributed by atoms with van der Waals surface area (Å²) in [6.45, 7) is 4.70. The maximum absolute atomic E-state index is 9.55. The standard InChI is InChI=1S/C13H19NO2/c1-3-6-11-7-4-5-8-13(11)16-10-12(15)9-14-2/h3-5,7-8,12,14-15H,1,6,9-10H2,2H3/p+1/t12-/m1/s1. The maximum atomic E-state index is 9.55. The molecule has 3 nitrogen and oxygen atoms in total. The van der Waals surface area contributed by atoms with Gasteiger partial charge in [-0.25, -0.2) is 0 Å². The summed E-state index contributed by atoms with van der Waals surface area (Å²) < 4.78 is 5.59. The Balaban J connectivity index is 2.55. The number of nitrogens with two attached hydrogens (primary N) is 1. The zero-order valence-corrected chi connectivity index (χ0v) is 9.73. The van der Waals surface area contributed by atoms with Crippen molar-refractivity contribution >= 4 is 0 Å². The minimum Gasteiger partial charge on any atom is -0.490 e. The van der Waals surface area contributed by atoms with Crippen LogP contribution in [0.4, 0.5) is 0 Å². The van der Waals surface area contributed by atoms with Gasteiger partial charge in [-0.15, -0.1) is 6.58 Å². The number of aliphatic hydroxyl groups excluding tert-OH is 1. The fourth-order valence-corrected chi connectivity index (χ4v) is 1.49. The molecule has 0 heterocycles. The van der Waals surface area contributed by atoms with Gasteiger partial charge in [0.05, 0.1) is 7.05 Å². The zero-order valence-electron chi connectivity index (χ0n) is 9.73. The van der Waals surface area contributed by atoms with E-state index in [4.69, 9.17) is 4.74 Å². The Kier molecular flexibility index (Phi) is 5.61. The first-order valence-electron chi connectivity index (χ1n) is 5.55. The zero-order chi connectivity index (χ0) is 11.8. The van der Waals surface area contributed by atoms with Gasteiger partial charge >= 0.3 is 0 Å². The quantitative estimate of drug-likeness (QED) is 0.654. The number of allylic oxidation sites excluding steroid dienone is 1. The van der Waals surface area contributed by atoms with Crippen LogP contribution in [0.25, 0.3) is 0 Å². The number of ether oxygens (including phenoxy) is 1. The smallest absolute Gasteiger partial charge is 0.137 e. The van der Waals surface area contributed by atoms with Crippen molar-refractivity contribution in [2.24, 2.45) is 0 Å². The van der Waals surface area contributed by atoms with Crippen LogP contribution >= 0.6 is 0 Å². The van der Waals surface area contributed by atoms with E-state index in [1.54, 1.807) is 0 Å². The van der Waals surface area contributed by atoms with Gasteiger partial charge in [0, 0.05) is 0 Å². The van der Waals surface area contributed by atoms with Gasteiger partial charge in [-0.1, -0.05) is 24.3 Å². The van der Waals surface area contributed by atoms with Crippen LogP contribution in [0.15, 0.2) is 36.9 Å². The third-order valence-electron chi connectivity index (χ3n) is 2.28. The molecule has 0 saturated heterocycles. The first-order valence-corrected chi connectivity index (χ1v) is 5.55. The average Bonchev–Trinajstić information content (AvgIpc) is 2.29. The Hall–Kier alpha value is -1.32. The summed E-state index contributed by atoms with van der Waals surface area (Å²) in [6.07, 6.45) is 2.20. The molecule has 0 unspecified atom stereocenters. The monoisotopic (exact) mass is 222 g/mol. The summed E-state index contributed by atoms with van der Waals surface area (Å²) in [6, 6.07) is 7.83. The summed E-state index contributed by atoms with van der Waals surface area (Å²) in [4.78, 5) is 0. The summed E-state index contributed by atoms with van der Waals surface area (Å²) in [5.41, 5.74) is 1.10. The lowest BCUT2D eigenvalue weighted by Gasteiger charge is -2.12. The lowest BCUT2D eigenvalue weighted by atomic mass is 10.1. The predicted molar refractivity (Wildman–Crippen MR) is 64.6 cm³/mol. The molecule has 0 fully saturated rings. The highest BCUT2D eigenvalue weighted by atomic mass is 16.5. The molecule has 0 aliphatic rings. The van der Waals surface area contributed by atoms with Crippen molar-refractivity contribution in [3.63, 3.8) is 0 Å². The van der Waals surface area contributed by atoms with E-state index >= 15 is 0 Å². The first-order chi connectivity index (χ1) is 7.77. The topological polar surface area (TPSA) is 46.1 Å². The molecule has 1 atom stereocenters. The van der Waals surface area contributed by atoms with E-state index in [9.17, 15) is 5.11 Å². The van der Waals surface area contributed by atoms with Crippen LogP contribution in [0.1, 0.15) is 5.56 Å². The van der Waals surface area contributed by atoms with Crippen molar-refractivity contribution in [3.05, 3.63) is 42.5 Å². The van der Waals surface area contributed by atoms with Gasteiger partial charge in [0.2, 0.25) is 0 Å². The van der Waals surface area contributed by atoms with Crippen molar-refractivity contribution in [3.8, 4) is 5.75 Å². The van der Waals surface area contributed by atoms with E-state index in [0.717, 1.165) is 17.7 Å². The van der Waals surface area contributed by atoms with Crippen LogP contribution in [-0.4, -0.2) is 31.4 Å². The predicted octanol–water partition coefficient (Wildman–Crippen LogP) is 0.348.